The summed E-state index contributed by atoms with van der Waals surface area (Å²) in [7, 11) is 2.96. The molecule has 2 aromatic heterocycles. The molecular weight excluding hydrogens is 854 g/mol. The highest BCUT2D eigenvalue weighted by molar-refractivity contribution is 7.44. The molecule has 2 fully saturated rings. The molecule has 2 bridgehead atoms. The summed E-state index contributed by atoms with van der Waals surface area (Å²) < 4.78 is 56.5. The van der Waals surface area contributed by atoms with E-state index >= 15 is 0 Å². The zero-order valence-electron chi connectivity index (χ0n) is 38.2. The number of rotatable bonds is 21. The number of nitrogens with one attached hydrogen (secondary N) is 2. The summed E-state index contributed by atoms with van der Waals surface area (Å²) in [6.07, 6.45) is -1.90. The van der Waals surface area contributed by atoms with Gasteiger partial charge in [-0.2, -0.15) is 10.2 Å². The number of carbonyl (C=O) groups is 1. The smallest absolute Gasteiger partial charge is 0.280 e. The Morgan fingerprint density at radius 1 is 0.954 bits per heavy atom. The van der Waals surface area contributed by atoms with Gasteiger partial charge < -0.3 is 37.5 Å². The van der Waals surface area contributed by atoms with Crippen LogP contribution in [-0.4, -0.2) is 107 Å². The Hall–Kier alpha value is -5.28. The molecule has 1 amide bonds. The minimum absolute atomic E-state index is 0.0225. The number of aromatic nitrogens is 4. The highest BCUT2D eigenvalue weighted by Gasteiger charge is 2.70. The zero-order chi connectivity index (χ0) is 46.5. The maximum atomic E-state index is 13.5. The van der Waals surface area contributed by atoms with Gasteiger partial charge in [0.2, 0.25) is 11.9 Å². The van der Waals surface area contributed by atoms with Gasteiger partial charge in [0.15, 0.2) is 23.0 Å². The summed E-state index contributed by atoms with van der Waals surface area (Å²) in [6.45, 7) is 11.8. The van der Waals surface area contributed by atoms with Gasteiger partial charge in [0.25, 0.3) is 14.1 Å². The number of aromatic amines is 1. The average molecular weight is 912 g/mol. The first kappa shape index (κ1) is 47.7. The maximum Gasteiger partial charge on any atom is 0.280 e. The highest BCUT2D eigenvalue weighted by Crippen LogP contribution is 2.58. The van der Waals surface area contributed by atoms with Crippen LogP contribution in [0.2, 0.25) is 0 Å². The van der Waals surface area contributed by atoms with Crippen molar-refractivity contribution in [3.05, 3.63) is 112 Å². The number of hydrogen-bond acceptors (Lipinski definition) is 14. The predicted molar refractivity (Wildman–Crippen MR) is 243 cm³/mol. The Morgan fingerprint density at radius 2 is 1.57 bits per heavy atom. The molecule has 2 aliphatic heterocycles. The lowest BCUT2D eigenvalue weighted by Crippen LogP contribution is -2.55. The van der Waals surface area contributed by atoms with Gasteiger partial charge in [-0.15, -0.1) is 0 Å². The van der Waals surface area contributed by atoms with Crippen molar-refractivity contribution in [1.82, 2.24) is 24.2 Å². The fourth-order valence-corrected chi connectivity index (χ4v) is 10.3. The van der Waals surface area contributed by atoms with Crippen LogP contribution in [0.5, 0.6) is 11.5 Å². The van der Waals surface area contributed by atoms with E-state index in [0.717, 1.165) is 16.7 Å². The van der Waals surface area contributed by atoms with E-state index in [1.807, 2.05) is 78.9 Å². The van der Waals surface area contributed by atoms with Gasteiger partial charge in [0.05, 0.1) is 52.9 Å². The van der Waals surface area contributed by atoms with Crippen LogP contribution in [0.1, 0.15) is 70.9 Å². The summed E-state index contributed by atoms with van der Waals surface area (Å²) in [4.78, 5) is 38.0. The van der Waals surface area contributed by atoms with Crippen LogP contribution < -0.4 is 20.3 Å². The van der Waals surface area contributed by atoms with Crippen molar-refractivity contribution in [3.8, 4) is 17.6 Å². The van der Waals surface area contributed by atoms with Crippen molar-refractivity contribution in [3.63, 3.8) is 0 Å². The van der Waals surface area contributed by atoms with Gasteiger partial charge in [0, 0.05) is 25.1 Å². The third kappa shape index (κ3) is 9.41. The molecule has 0 saturated carbocycles. The molecule has 1 unspecified atom stereocenters. The Bertz CT molecular complexity index is 2420. The van der Waals surface area contributed by atoms with Crippen LogP contribution in [0.3, 0.4) is 0 Å². The monoisotopic (exact) mass is 911 g/mol. The number of amides is 1. The number of carbonyl (C=O) groups excluding carboxylic acids is 1. The fourth-order valence-electron chi connectivity index (χ4n) is 8.51. The Kier molecular flexibility index (Phi) is 15.0. The lowest BCUT2D eigenvalue weighted by atomic mass is 9.79. The van der Waals surface area contributed by atoms with Crippen molar-refractivity contribution >= 4 is 31.5 Å². The number of fused-ring (bicyclic) bond motifs is 3. The van der Waals surface area contributed by atoms with Crippen LogP contribution >= 0.6 is 8.53 Å². The van der Waals surface area contributed by atoms with Crippen molar-refractivity contribution in [2.45, 2.75) is 95.8 Å². The van der Waals surface area contributed by atoms with Crippen LogP contribution in [0.4, 0.5) is 5.95 Å². The molecule has 0 spiro atoms. The summed E-state index contributed by atoms with van der Waals surface area (Å²) in [5, 5.41) is 12.3. The molecule has 346 valence electrons. The van der Waals surface area contributed by atoms with Crippen molar-refractivity contribution in [2.75, 3.05) is 46.5 Å². The molecule has 65 heavy (non-hydrogen) atoms. The number of H-pyrrole nitrogens is 1. The van der Waals surface area contributed by atoms with Gasteiger partial charge in [-0.3, -0.25) is 24.5 Å². The molecule has 6 atom stereocenters. The van der Waals surface area contributed by atoms with Gasteiger partial charge in [-0.05, 0) is 68.7 Å². The first-order valence-electron chi connectivity index (χ1n) is 21.6. The number of benzene rings is 3. The number of nitrogens with zero attached hydrogens (tertiary/aromatic N) is 5. The minimum Gasteiger partial charge on any atom is -0.497 e. The van der Waals surface area contributed by atoms with Crippen LogP contribution in [-0.2, 0) is 38.4 Å². The Morgan fingerprint density at radius 3 is 2.12 bits per heavy atom. The molecule has 5 aromatic rings. The number of methoxy groups -OCH3 is 3. The molecule has 2 N–H and O–H groups in total. The van der Waals surface area contributed by atoms with Gasteiger partial charge in [-0.1, -0.05) is 68.4 Å². The summed E-state index contributed by atoms with van der Waals surface area (Å²) in [5.74, 6) is 0.594. The Labute approximate surface area is 380 Å². The van der Waals surface area contributed by atoms with Crippen LogP contribution in [0.25, 0.3) is 11.2 Å². The van der Waals surface area contributed by atoms with E-state index in [1.54, 1.807) is 39.7 Å². The molecule has 4 heterocycles. The second kappa shape index (κ2) is 20.5. The van der Waals surface area contributed by atoms with E-state index in [9.17, 15) is 14.9 Å². The minimum atomic E-state index is -1.86. The van der Waals surface area contributed by atoms with E-state index in [1.165, 1.54) is 6.33 Å². The number of hydrogen-bond donors (Lipinski definition) is 2. The standard InChI is InChI=1S/C47H58N7O10P/c1-29(2)42(55)51-45-50-41-38(43(56)52-45)49-28-53(41)44-39-40(64-65(61-25-13-24-48)54(30(3)4)31(5)6)46(63-44,37(62-39)26-57-7)27-60-47(32-14-11-10-12-15-32,33-16-20-35(58-8)21-17-33)34-18-22-36(59-9)23-19-34/h10-12,14-23,28-31,37,39-40,44H,13,25-27H2,1-9H3,(H2,50,51,52,55,56)/t37-,39+,40-,44+,46-,65?/m0/s1. The number of anilines is 1. The van der Waals surface area contributed by atoms with E-state index < -0.39 is 49.8 Å². The van der Waals surface area contributed by atoms with Crippen molar-refractivity contribution in [2.24, 2.45) is 5.92 Å². The molecule has 0 aliphatic carbocycles. The molecule has 2 aliphatic rings. The lowest BCUT2D eigenvalue weighted by Gasteiger charge is -2.43. The second-order valence-electron chi connectivity index (χ2n) is 16.8. The van der Waals surface area contributed by atoms with E-state index in [2.05, 4.69) is 58.7 Å². The predicted octanol–water partition coefficient (Wildman–Crippen LogP) is 7.08. The zero-order valence-corrected chi connectivity index (χ0v) is 39.1. The molecule has 7 rings (SSSR count). The number of ether oxygens (including phenoxy) is 6. The van der Waals surface area contributed by atoms with Crippen LogP contribution in [0.15, 0.2) is 90.0 Å². The van der Waals surface area contributed by atoms with Crippen molar-refractivity contribution < 1.29 is 42.3 Å². The maximum absolute atomic E-state index is 13.5. The first-order valence-corrected chi connectivity index (χ1v) is 22.8. The van der Waals surface area contributed by atoms with Crippen molar-refractivity contribution in [1.29, 1.82) is 5.26 Å². The quantitative estimate of drug-likeness (QED) is 0.0431. The number of imidazole rings is 1. The highest BCUT2D eigenvalue weighted by atomic mass is 31.2. The Balaban J connectivity index is 1.42. The first-order chi connectivity index (χ1) is 31.3. The molecular formula is C47H58N7O10P. The molecule has 18 heteroatoms. The SMILES string of the molecule is COC[C@@H]1O[C@H]2[C@H](n3cnc4c(=O)[nH]c(NC(=O)C(C)C)nc43)O[C@]1(COC(c1ccccc1)(c1ccc(OC)cc1)c1ccc(OC)cc1)[C@H]2OP(OCCC#N)N(C(C)C)C(C)C. The number of nitriles is 1. The fraction of sp³-hybridized carbons (Fsp3) is 0.468. The third-order valence-electron chi connectivity index (χ3n) is 11.6. The molecule has 2 saturated heterocycles. The molecule has 17 nitrogen and oxygen atoms in total. The van der Waals surface area contributed by atoms with Gasteiger partial charge >= 0.3 is 0 Å². The molecule has 0 radical (unpaired) electrons. The molecule has 3 aromatic carbocycles. The lowest BCUT2D eigenvalue weighted by molar-refractivity contribution is -0.242. The normalized spacial score (nSPS) is 21.1. The largest absolute Gasteiger partial charge is 0.497 e. The topological polar surface area (TPSA) is 194 Å². The van der Waals surface area contributed by atoms with E-state index in [-0.39, 0.29) is 67.3 Å². The average Bonchev–Trinajstić information content (AvgIpc) is 3.95. The summed E-state index contributed by atoms with van der Waals surface area (Å²) in [5.41, 5.74) is -0.654. The summed E-state index contributed by atoms with van der Waals surface area (Å²) in [6, 6.07) is 27.5. The third-order valence-corrected chi connectivity index (χ3v) is 13.7. The van der Waals surface area contributed by atoms with Gasteiger partial charge in [0.1, 0.15) is 35.4 Å². The second-order valence-corrected chi connectivity index (χ2v) is 18.2. The van der Waals surface area contributed by atoms with E-state index in [0.29, 0.717) is 11.5 Å². The van der Waals surface area contributed by atoms with E-state index in [4.69, 9.17) is 37.5 Å². The van der Waals surface area contributed by atoms with Crippen LogP contribution in [0, 0.1) is 17.2 Å². The van der Waals surface area contributed by atoms with Gasteiger partial charge in [-0.25, -0.2) is 9.65 Å². The summed E-state index contributed by atoms with van der Waals surface area (Å²) >= 11 is 0.